The van der Waals surface area contributed by atoms with Crippen LogP contribution in [0.4, 0.5) is 9.59 Å². The van der Waals surface area contributed by atoms with Gasteiger partial charge < -0.3 is 24.9 Å². The summed E-state index contributed by atoms with van der Waals surface area (Å²) in [5.74, 6) is 2.96. The zero-order valence-corrected chi connectivity index (χ0v) is 28.3. The summed E-state index contributed by atoms with van der Waals surface area (Å²) in [4.78, 5) is 37.2. The first-order valence-electron chi connectivity index (χ1n) is 17.6. The Kier molecular flexibility index (Phi) is 8.70. The fourth-order valence-electron chi connectivity index (χ4n) is 9.61. The maximum absolute atomic E-state index is 13.5. The number of hydrogen-bond acceptors (Lipinski definition) is 7. The van der Waals surface area contributed by atoms with E-state index in [4.69, 9.17) is 19.3 Å². The van der Waals surface area contributed by atoms with Crippen LogP contribution >= 0.6 is 0 Å². The third-order valence-electron chi connectivity index (χ3n) is 11.0. The molecule has 0 saturated heterocycles. The Labute approximate surface area is 278 Å². The van der Waals surface area contributed by atoms with Gasteiger partial charge in [-0.15, -0.1) is 5.06 Å². The number of benzene rings is 2. The lowest BCUT2D eigenvalue weighted by atomic mass is 9.48. The number of carbonyl (C=O) groups excluding carboxylic acids is 2. The average molecular weight is 643 g/mol. The number of hydroxylamine groups is 2. The molecule has 2 aromatic rings. The predicted octanol–water partition coefficient (Wildman–Crippen LogP) is 7.41. The summed E-state index contributed by atoms with van der Waals surface area (Å²) >= 11 is 0. The van der Waals surface area contributed by atoms with Crippen LogP contribution in [0, 0.1) is 23.2 Å². The molecular weight excluding hydrogens is 592 g/mol. The van der Waals surface area contributed by atoms with Gasteiger partial charge in [0, 0.05) is 24.9 Å². The standard InChI is InChI=1S/C38H50N4O5/c1-37(2,3)46-35(43)39-16-10-9-15-32(33-41-34(42(4)47-33)38-20-24-17-25(21-38)19-26(18-24)22-38)40-36(44)45-23-31-29-13-7-5-11-27(29)28-12-6-8-14-30(28)31/h5-8,11-14,24-26,31-32,34H,9-10,15-23H2,1-4H3,(H,39,43)(H,40,44)/t24?,25?,26?,32-,34?,38?/m0/s1. The number of hydrogen-bond donors (Lipinski definition) is 2. The molecule has 47 heavy (non-hydrogen) atoms. The number of aliphatic imine (C=N–C) groups is 1. The maximum Gasteiger partial charge on any atom is 0.407 e. The van der Waals surface area contributed by atoms with Crippen LogP contribution in [0.3, 0.4) is 0 Å². The van der Waals surface area contributed by atoms with E-state index in [1.165, 1.54) is 60.8 Å². The largest absolute Gasteiger partial charge is 0.449 e. The van der Waals surface area contributed by atoms with Crippen LogP contribution in [-0.2, 0) is 14.3 Å². The van der Waals surface area contributed by atoms with Crippen LogP contribution in [0.1, 0.15) is 95.6 Å². The molecule has 2 aromatic carbocycles. The minimum Gasteiger partial charge on any atom is -0.449 e. The monoisotopic (exact) mass is 642 g/mol. The molecular formula is C38H50N4O5. The van der Waals surface area contributed by atoms with E-state index in [9.17, 15) is 9.59 Å². The molecule has 1 unspecified atom stereocenters. The molecule has 5 aliphatic carbocycles. The topological polar surface area (TPSA) is 101 Å². The number of unbranched alkanes of at least 4 members (excludes halogenated alkanes) is 1. The summed E-state index contributed by atoms with van der Waals surface area (Å²) in [6, 6.07) is 16.3. The minimum atomic E-state index is -0.542. The quantitative estimate of drug-likeness (QED) is 0.262. The van der Waals surface area contributed by atoms with Gasteiger partial charge in [0.1, 0.15) is 24.4 Å². The summed E-state index contributed by atoms with van der Waals surface area (Å²) in [5.41, 5.74) is 4.36. The normalized spacial score (nSPS) is 28.2. The first-order valence-corrected chi connectivity index (χ1v) is 17.6. The van der Waals surface area contributed by atoms with E-state index in [1.807, 2.05) is 45.0 Å². The molecule has 2 N–H and O–H groups in total. The Hall–Kier alpha value is -3.59. The number of ether oxygens (including phenoxy) is 2. The highest BCUT2D eigenvalue weighted by molar-refractivity contribution is 5.86. The predicted molar refractivity (Wildman–Crippen MR) is 181 cm³/mol. The molecule has 1 heterocycles. The molecule has 4 saturated carbocycles. The Morgan fingerprint density at radius 1 is 0.936 bits per heavy atom. The average Bonchev–Trinajstić information content (AvgIpc) is 3.56. The van der Waals surface area contributed by atoms with E-state index in [1.54, 1.807) is 0 Å². The summed E-state index contributed by atoms with van der Waals surface area (Å²) < 4.78 is 11.3. The smallest absolute Gasteiger partial charge is 0.407 e. The fourth-order valence-corrected chi connectivity index (χ4v) is 9.61. The van der Waals surface area contributed by atoms with Crippen molar-refractivity contribution < 1.29 is 23.9 Å². The first-order chi connectivity index (χ1) is 22.6. The van der Waals surface area contributed by atoms with Crippen molar-refractivity contribution in [2.45, 2.75) is 102 Å². The highest BCUT2D eigenvalue weighted by atomic mass is 16.7. The molecule has 2 atom stereocenters. The summed E-state index contributed by atoms with van der Waals surface area (Å²) in [5, 5.41) is 7.90. The van der Waals surface area contributed by atoms with Gasteiger partial charge in [0.2, 0.25) is 5.90 Å². The van der Waals surface area contributed by atoms with Crippen molar-refractivity contribution >= 4 is 18.1 Å². The molecule has 1 aliphatic heterocycles. The number of alkyl carbamates (subject to hydrolysis) is 2. The van der Waals surface area contributed by atoms with E-state index in [0.29, 0.717) is 18.9 Å². The van der Waals surface area contributed by atoms with Crippen LogP contribution in [0.2, 0.25) is 0 Å². The van der Waals surface area contributed by atoms with Crippen molar-refractivity contribution in [3.8, 4) is 11.1 Å². The molecule has 2 amide bonds. The molecule has 4 fully saturated rings. The lowest BCUT2D eigenvalue weighted by Crippen LogP contribution is -2.54. The third kappa shape index (κ3) is 6.73. The van der Waals surface area contributed by atoms with Crippen LogP contribution in [-0.4, -0.2) is 61.2 Å². The van der Waals surface area contributed by atoms with E-state index < -0.39 is 23.8 Å². The number of rotatable bonds is 10. The molecule has 9 nitrogen and oxygen atoms in total. The van der Waals surface area contributed by atoms with Crippen LogP contribution in [0.25, 0.3) is 11.1 Å². The first kappa shape index (κ1) is 32.0. The van der Waals surface area contributed by atoms with Crippen LogP contribution < -0.4 is 10.6 Å². The van der Waals surface area contributed by atoms with Gasteiger partial charge >= 0.3 is 12.2 Å². The molecule has 252 valence electrons. The number of nitrogens with one attached hydrogen (secondary N) is 2. The summed E-state index contributed by atoms with van der Waals surface area (Å²) in [6.45, 7) is 6.28. The lowest BCUT2D eigenvalue weighted by Gasteiger charge is -2.58. The number of nitrogens with zero attached hydrogens (tertiary/aromatic N) is 2. The Bertz CT molecular complexity index is 1430. The number of fused-ring (bicyclic) bond motifs is 3. The molecule has 9 heteroatoms. The van der Waals surface area contributed by atoms with Crippen LogP contribution in [0.5, 0.6) is 0 Å². The maximum atomic E-state index is 13.5. The van der Waals surface area contributed by atoms with Crippen molar-refractivity contribution in [2.75, 3.05) is 20.2 Å². The van der Waals surface area contributed by atoms with Crippen molar-refractivity contribution in [3.05, 3.63) is 59.7 Å². The van der Waals surface area contributed by atoms with Gasteiger partial charge in [0.25, 0.3) is 0 Å². The number of amides is 2. The second-order valence-corrected chi connectivity index (χ2v) is 15.7. The van der Waals surface area contributed by atoms with Gasteiger partial charge in [0.15, 0.2) is 0 Å². The van der Waals surface area contributed by atoms with E-state index in [0.717, 1.165) is 30.6 Å². The zero-order chi connectivity index (χ0) is 32.8. The van der Waals surface area contributed by atoms with Gasteiger partial charge in [-0.2, -0.15) is 0 Å². The number of carbonyl (C=O) groups is 2. The van der Waals surface area contributed by atoms with Crippen LogP contribution in [0.15, 0.2) is 53.5 Å². The SMILES string of the molecule is CN1OC([C@H](CCCCNC(=O)OC(C)(C)C)NC(=O)OCC2c3ccccc3-c3ccccc32)=NC1C12CC3CC(CC(C3)C1)C2. The van der Waals surface area contributed by atoms with Crippen molar-refractivity contribution in [2.24, 2.45) is 28.2 Å². The Morgan fingerprint density at radius 3 is 2.13 bits per heavy atom. The fraction of sp³-hybridized carbons (Fsp3) is 0.605. The second-order valence-electron chi connectivity index (χ2n) is 15.7. The van der Waals surface area contributed by atoms with Gasteiger partial charge in [-0.05, 0) is 119 Å². The van der Waals surface area contributed by atoms with Gasteiger partial charge in [-0.1, -0.05) is 48.5 Å². The Morgan fingerprint density at radius 2 is 1.53 bits per heavy atom. The summed E-state index contributed by atoms with van der Waals surface area (Å²) in [6.07, 6.45) is 8.92. The second kappa shape index (κ2) is 12.8. The molecule has 6 aliphatic rings. The van der Waals surface area contributed by atoms with E-state index in [2.05, 4.69) is 47.0 Å². The minimum absolute atomic E-state index is 0.0165. The van der Waals surface area contributed by atoms with Gasteiger partial charge in [0.05, 0.1) is 0 Å². The highest BCUT2D eigenvalue weighted by Gasteiger charge is 2.57. The van der Waals surface area contributed by atoms with Crippen molar-refractivity contribution in [1.29, 1.82) is 0 Å². The van der Waals surface area contributed by atoms with Gasteiger partial charge in [-0.25, -0.2) is 14.6 Å². The van der Waals surface area contributed by atoms with Crippen molar-refractivity contribution in [1.82, 2.24) is 15.7 Å². The molecule has 4 bridgehead atoms. The third-order valence-corrected chi connectivity index (χ3v) is 11.0. The molecule has 0 aromatic heterocycles. The van der Waals surface area contributed by atoms with E-state index >= 15 is 0 Å². The lowest BCUT2D eigenvalue weighted by molar-refractivity contribution is -0.155. The van der Waals surface area contributed by atoms with Gasteiger partial charge in [-0.3, -0.25) is 0 Å². The van der Waals surface area contributed by atoms with E-state index in [-0.39, 0.29) is 24.1 Å². The van der Waals surface area contributed by atoms with Crippen molar-refractivity contribution in [3.63, 3.8) is 0 Å². The zero-order valence-electron chi connectivity index (χ0n) is 28.3. The highest BCUT2D eigenvalue weighted by Crippen LogP contribution is 2.62. The molecule has 8 rings (SSSR count). The molecule has 0 radical (unpaired) electrons. The summed E-state index contributed by atoms with van der Waals surface area (Å²) in [7, 11) is 1.99. The Balaban J connectivity index is 1.02. The molecule has 0 spiro atoms.